The number of rotatable bonds is 5. The number of hydrogen-bond donors (Lipinski definition) is 0. The maximum absolute atomic E-state index is 12.2. The summed E-state index contributed by atoms with van der Waals surface area (Å²) in [6.07, 6.45) is 1.78. The molecule has 2 aromatic rings. The summed E-state index contributed by atoms with van der Waals surface area (Å²) in [5, 5.41) is 4.21. The second-order valence-electron chi connectivity index (χ2n) is 4.05. The number of esters is 1. The molecule has 0 fully saturated rings. The molecule has 0 saturated carbocycles. The van der Waals surface area contributed by atoms with Crippen LogP contribution in [0.25, 0.3) is 5.69 Å². The molecule has 1 aromatic heterocycles. The fraction of sp³-hybridized carbons (Fsp3) is 0.214. The third-order valence-corrected chi connectivity index (χ3v) is 4.19. The molecule has 0 spiro atoms. The Morgan fingerprint density at radius 1 is 1.38 bits per heavy atom. The number of halogens is 1. The van der Waals surface area contributed by atoms with Gasteiger partial charge in [-0.2, -0.15) is 9.78 Å². The van der Waals surface area contributed by atoms with Crippen molar-refractivity contribution in [1.82, 2.24) is 9.78 Å². The van der Waals surface area contributed by atoms with Crippen molar-refractivity contribution in [1.29, 1.82) is 0 Å². The van der Waals surface area contributed by atoms with Crippen molar-refractivity contribution in [2.24, 2.45) is 0 Å². The van der Waals surface area contributed by atoms with E-state index in [1.807, 2.05) is 18.2 Å². The lowest BCUT2D eigenvalue weighted by Crippen LogP contribution is -2.21. The molecule has 0 amide bonds. The predicted octanol–water partition coefficient (Wildman–Crippen LogP) is 2.54. The van der Waals surface area contributed by atoms with E-state index in [9.17, 15) is 9.59 Å². The zero-order chi connectivity index (χ0) is 15.2. The molecule has 0 radical (unpaired) electrons. The van der Waals surface area contributed by atoms with Crippen LogP contribution in [-0.4, -0.2) is 28.6 Å². The van der Waals surface area contributed by atoms with E-state index in [0.717, 1.165) is 0 Å². The van der Waals surface area contributed by atoms with E-state index < -0.39 is 0 Å². The van der Waals surface area contributed by atoms with Gasteiger partial charge in [0, 0.05) is 5.75 Å². The van der Waals surface area contributed by atoms with Crippen LogP contribution in [0.2, 0.25) is 5.02 Å². The smallest absolute Gasteiger partial charge is 0.306 e. The second kappa shape index (κ2) is 7.28. The van der Waals surface area contributed by atoms with Crippen LogP contribution in [0.15, 0.2) is 46.2 Å². The van der Waals surface area contributed by atoms with E-state index >= 15 is 0 Å². The fourth-order valence-electron chi connectivity index (χ4n) is 1.62. The lowest BCUT2D eigenvalue weighted by molar-refractivity contribution is -0.140. The van der Waals surface area contributed by atoms with Crippen LogP contribution in [0.1, 0.15) is 6.42 Å². The highest BCUT2D eigenvalue weighted by atomic mass is 35.5. The van der Waals surface area contributed by atoms with Crippen LogP contribution in [0, 0.1) is 0 Å². The summed E-state index contributed by atoms with van der Waals surface area (Å²) in [4.78, 5) is 23.8. The van der Waals surface area contributed by atoms with Gasteiger partial charge in [0.1, 0.15) is 5.02 Å². The molecule has 0 aliphatic carbocycles. The quantitative estimate of drug-likeness (QED) is 0.625. The number of methoxy groups -OCH3 is 1. The van der Waals surface area contributed by atoms with Gasteiger partial charge < -0.3 is 4.74 Å². The van der Waals surface area contributed by atoms with Gasteiger partial charge in [-0.15, -0.1) is 11.8 Å². The molecule has 1 aromatic carbocycles. The van der Waals surface area contributed by atoms with Crippen LogP contribution in [-0.2, 0) is 9.53 Å². The topological polar surface area (TPSA) is 61.2 Å². The highest BCUT2D eigenvalue weighted by molar-refractivity contribution is 7.99. The first-order chi connectivity index (χ1) is 10.1. The van der Waals surface area contributed by atoms with Crippen LogP contribution >= 0.6 is 23.4 Å². The summed E-state index contributed by atoms with van der Waals surface area (Å²) in [6.45, 7) is 0. The third kappa shape index (κ3) is 3.86. The average molecular weight is 325 g/mol. The molecule has 0 atom stereocenters. The Kier molecular flexibility index (Phi) is 5.41. The molecule has 0 bridgehead atoms. The third-order valence-electron chi connectivity index (χ3n) is 2.68. The van der Waals surface area contributed by atoms with E-state index in [4.69, 9.17) is 11.6 Å². The summed E-state index contributed by atoms with van der Waals surface area (Å²) in [5.41, 5.74) is 0.265. The Labute approximate surface area is 130 Å². The van der Waals surface area contributed by atoms with Gasteiger partial charge in [0.05, 0.1) is 30.3 Å². The van der Waals surface area contributed by atoms with Gasteiger partial charge in [0.15, 0.2) is 0 Å². The number of hydrogen-bond acceptors (Lipinski definition) is 5. The summed E-state index contributed by atoms with van der Waals surface area (Å²) >= 11 is 7.39. The van der Waals surface area contributed by atoms with Gasteiger partial charge in [-0.05, 0) is 12.1 Å². The van der Waals surface area contributed by atoms with Gasteiger partial charge in [0.2, 0.25) is 0 Å². The minimum Gasteiger partial charge on any atom is -0.469 e. The number of aromatic nitrogens is 2. The van der Waals surface area contributed by atoms with Crippen LogP contribution < -0.4 is 5.56 Å². The average Bonchev–Trinajstić information content (AvgIpc) is 2.52. The van der Waals surface area contributed by atoms with Crippen molar-refractivity contribution in [3.63, 3.8) is 0 Å². The monoisotopic (exact) mass is 324 g/mol. The van der Waals surface area contributed by atoms with Gasteiger partial charge in [-0.1, -0.05) is 29.8 Å². The Hall–Kier alpha value is -1.79. The van der Waals surface area contributed by atoms with Gasteiger partial charge >= 0.3 is 5.97 Å². The number of carbonyl (C=O) groups excluding carboxylic acids is 1. The minimum absolute atomic E-state index is 0.101. The molecule has 0 aliphatic heterocycles. The number of nitrogens with zero attached hydrogens (tertiary/aromatic N) is 2. The number of para-hydroxylation sites is 1. The lowest BCUT2D eigenvalue weighted by Gasteiger charge is -2.07. The zero-order valence-electron chi connectivity index (χ0n) is 11.3. The van der Waals surface area contributed by atoms with E-state index in [1.165, 1.54) is 29.8 Å². The molecular formula is C14H13ClN2O3S. The van der Waals surface area contributed by atoms with Crippen molar-refractivity contribution < 1.29 is 9.53 Å². The molecule has 2 rings (SSSR count). The van der Waals surface area contributed by atoms with Crippen LogP contribution in [0.4, 0.5) is 0 Å². The van der Waals surface area contributed by atoms with Crippen molar-refractivity contribution in [2.75, 3.05) is 12.9 Å². The largest absolute Gasteiger partial charge is 0.469 e. The molecular weight excluding hydrogens is 312 g/mol. The Balaban J connectivity index is 2.18. The highest BCUT2D eigenvalue weighted by Gasteiger charge is 2.11. The second-order valence-corrected chi connectivity index (χ2v) is 5.56. The Bertz CT molecular complexity index is 688. The fourth-order valence-corrected chi connectivity index (χ4v) is 2.73. The summed E-state index contributed by atoms with van der Waals surface area (Å²) < 4.78 is 5.80. The number of carbonyl (C=O) groups is 1. The molecule has 1 heterocycles. The standard InChI is InChI=1S/C14H13ClN2O3S/c1-20-12(18)7-8-21-11-9-16-17(14(19)13(11)15)10-5-3-2-4-6-10/h2-6,9H,7-8H2,1H3. The molecule has 21 heavy (non-hydrogen) atoms. The summed E-state index contributed by atoms with van der Waals surface area (Å²) in [5.74, 6) is 0.173. The van der Waals surface area contributed by atoms with Crippen LogP contribution in [0.3, 0.4) is 0 Å². The Morgan fingerprint density at radius 3 is 2.76 bits per heavy atom. The predicted molar refractivity (Wildman–Crippen MR) is 82.2 cm³/mol. The number of ether oxygens (including phenoxy) is 1. The van der Waals surface area contributed by atoms with E-state index in [0.29, 0.717) is 16.3 Å². The van der Waals surface area contributed by atoms with Gasteiger partial charge in [-0.25, -0.2) is 0 Å². The summed E-state index contributed by atoms with van der Waals surface area (Å²) in [7, 11) is 1.34. The van der Waals surface area contributed by atoms with Crippen molar-refractivity contribution in [2.45, 2.75) is 11.3 Å². The molecule has 0 saturated heterocycles. The minimum atomic E-state index is -0.383. The maximum Gasteiger partial charge on any atom is 0.306 e. The van der Waals surface area contributed by atoms with E-state index in [-0.39, 0.29) is 23.0 Å². The SMILES string of the molecule is COC(=O)CCSc1cnn(-c2ccccc2)c(=O)c1Cl. The van der Waals surface area contributed by atoms with E-state index in [2.05, 4.69) is 9.84 Å². The van der Waals surface area contributed by atoms with Gasteiger partial charge in [-0.3, -0.25) is 9.59 Å². The first kappa shape index (κ1) is 15.6. The molecule has 0 N–H and O–H groups in total. The normalized spacial score (nSPS) is 10.4. The van der Waals surface area contributed by atoms with Gasteiger partial charge in [0.25, 0.3) is 5.56 Å². The molecule has 5 nitrogen and oxygen atoms in total. The molecule has 0 unspecified atom stereocenters. The maximum atomic E-state index is 12.2. The van der Waals surface area contributed by atoms with Crippen molar-refractivity contribution in [3.8, 4) is 5.69 Å². The zero-order valence-corrected chi connectivity index (χ0v) is 12.9. The highest BCUT2D eigenvalue weighted by Crippen LogP contribution is 2.24. The molecule has 110 valence electrons. The first-order valence-electron chi connectivity index (χ1n) is 6.16. The number of benzene rings is 1. The molecule has 0 aliphatic rings. The van der Waals surface area contributed by atoms with Crippen LogP contribution in [0.5, 0.6) is 0 Å². The summed E-state index contributed by atoms with van der Waals surface area (Å²) in [6, 6.07) is 9.03. The molecule has 7 heteroatoms. The van der Waals surface area contributed by atoms with Crippen molar-refractivity contribution >= 4 is 29.3 Å². The lowest BCUT2D eigenvalue weighted by atomic mass is 10.3. The Morgan fingerprint density at radius 2 is 2.10 bits per heavy atom. The van der Waals surface area contributed by atoms with E-state index in [1.54, 1.807) is 12.1 Å². The van der Waals surface area contributed by atoms with Crippen molar-refractivity contribution in [3.05, 3.63) is 51.9 Å². The first-order valence-corrected chi connectivity index (χ1v) is 7.52. The number of thioether (sulfide) groups is 1.